The van der Waals surface area contributed by atoms with Crippen LogP contribution in [0.4, 0.5) is 10.6 Å². The van der Waals surface area contributed by atoms with E-state index in [-0.39, 0.29) is 17.9 Å². The Morgan fingerprint density at radius 2 is 1.92 bits per heavy atom. The molecule has 0 atom stereocenters. The molecule has 1 aromatic carbocycles. The summed E-state index contributed by atoms with van der Waals surface area (Å²) in [6.45, 7) is 1.39. The molecule has 1 aliphatic heterocycles. The van der Waals surface area contributed by atoms with E-state index in [1.807, 2.05) is 30.3 Å². The Hall–Kier alpha value is -2.83. The van der Waals surface area contributed by atoms with Crippen molar-refractivity contribution in [2.75, 3.05) is 5.32 Å². The molecule has 136 valence electrons. The molecule has 7 nitrogen and oxygen atoms in total. The normalized spacial score (nSPS) is 16.5. The summed E-state index contributed by atoms with van der Waals surface area (Å²) in [6.07, 6.45) is 4.15. The lowest BCUT2D eigenvalue weighted by atomic mass is 10.1. The zero-order chi connectivity index (χ0) is 17.9. The lowest BCUT2D eigenvalue weighted by Gasteiger charge is -2.17. The number of hydrogen-bond donors (Lipinski definition) is 3. The molecule has 0 radical (unpaired) electrons. The first kappa shape index (κ1) is 16.6. The third kappa shape index (κ3) is 3.42. The largest absolute Gasteiger partial charge is 0.334 e. The van der Waals surface area contributed by atoms with Gasteiger partial charge in [0.1, 0.15) is 5.82 Å². The Balaban J connectivity index is 1.34. The van der Waals surface area contributed by atoms with Crippen molar-refractivity contribution in [3.63, 3.8) is 0 Å². The maximum Gasteiger partial charge on any atom is 0.318 e. The van der Waals surface area contributed by atoms with Gasteiger partial charge in [-0.25, -0.2) is 4.79 Å². The summed E-state index contributed by atoms with van der Waals surface area (Å²) in [5, 5.41) is 13.1. The van der Waals surface area contributed by atoms with Crippen molar-refractivity contribution >= 4 is 17.8 Å². The molecule has 1 aliphatic carbocycles. The molecule has 2 aliphatic rings. The smallest absolute Gasteiger partial charge is 0.318 e. The number of rotatable bonds is 4. The van der Waals surface area contributed by atoms with Crippen molar-refractivity contribution in [3.05, 3.63) is 47.2 Å². The van der Waals surface area contributed by atoms with Crippen molar-refractivity contribution in [2.24, 2.45) is 5.92 Å². The van der Waals surface area contributed by atoms with E-state index in [2.05, 4.69) is 20.8 Å². The van der Waals surface area contributed by atoms with Gasteiger partial charge >= 0.3 is 6.03 Å². The Labute approximate surface area is 152 Å². The van der Waals surface area contributed by atoms with Crippen molar-refractivity contribution in [1.29, 1.82) is 0 Å². The number of carbonyl (C=O) groups excluding carboxylic acids is 2. The summed E-state index contributed by atoms with van der Waals surface area (Å²) in [6, 6.07) is 9.68. The lowest BCUT2D eigenvalue weighted by molar-refractivity contribution is -0.119. The van der Waals surface area contributed by atoms with E-state index in [9.17, 15) is 9.59 Å². The standard InChI is InChI=1S/C19H23N5O2/c25-18(14-8-4-5-9-14)21-17-15-11-24(12-16(15)22-23-17)19(26)20-10-13-6-2-1-3-7-13/h1-3,6-7,14H,4-5,8-12H2,(H,20,26)(H2,21,22,23,25). The SMILES string of the molecule is O=C(Nc1[nH]nc2c1CN(C(=O)NCc1ccccc1)C2)C1CCCC1. The van der Waals surface area contributed by atoms with Gasteiger partial charge in [0.05, 0.1) is 18.8 Å². The van der Waals surface area contributed by atoms with Crippen LogP contribution in [0.5, 0.6) is 0 Å². The first-order valence-electron chi connectivity index (χ1n) is 9.14. The fourth-order valence-electron chi connectivity index (χ4n) is 3.68. The first-order chi connectivity index (χ1) is 12.7. The van der Waals surface area contributed by atoms with Gasteiger partial charge in [0.2, 0.25) is 5.91 Å². The number of hydrogen-bond acceptors (Lipinski definition) is 3. The highest BCUT2D eigenvalue weighted by Gasteiger charge is 2.30. The molecule has 7 heteroatoms. The fourth-order valence-corrected chi connectivity index (χ4v) is 3.68. The molecule has 3 N–H and O–H groups in total. The van der Waals surface area contributed by atoms with E-state index in [4.69, 9.17) is 0 Å². The highest BCUT2D eigenvalue weighted by atomic mass is 16.2. The number of aromatic nitrogens is 2. The van der Waals surface area contributed by atoms with Crippen molar-refractivity contribution in [1.82, 2.24) is 20.4 Å². The number of carbonyl (C=O) groups is 2. The summed E-state index contributed by atoms with van der Waals surface area (Å²) in [4.78, 5) is 26.5. The second-order valence-corrected chi connectivity index (χ2v) is 6.99. The van der Waals surface area contributed by atoms with Crippen LogP contribution >= 0.6 is 0 Å². The Kier molecular flexibility index (Phi) is 4.60. The average molecular weight is 353 g/mol. The Morgan fingerprint density at radius 1 is 1.15 bits per heavy atom. The quantitative estimate of drug-likeness (QED) is 0.789. The zero-order valence-corrected chi connectivity index (χ0v) is 14.6. The third-order valence-electron chi connectivity index (χ3n) is 5.19. The monoisotopic (exact) mass is 353 g/mol. The van der Waals surface area contributed by atoms with Gasteiger partial charge in [-0.1, -0.05) is 43.2 Å². The van der Waals surface area contributed by atoms with Gasteiger partial charge in [-0.05, 0) is 18.4 Å². The van der Waals surface area contributed by atoms with Crippen molar-refractivity contribution < 1.29 is 9.59 Å². The molecule has 4 rings (SSSR count). The number of H-pyrrole nitrogens is 1. The summed E-state index contributed by atoms with van der Waals surface area (Å²) < 4.78 is 0. The molecule has 2 aromatic rings. The van der Waals surface area contributed by atoms with Gasteiger partial charge < -0.3 is 15.5 Å². The number of anilines is 1. The van der Waals surface area contributed by atoms with Crippen LogP contribution in [-0.4, -0.2) is 27.0 Å². The van der Waals surface area contributed by atoms with E-state index in [0.717, 1.165) is 42.5 Å². The number of nitrogens with zero attached hydrogens (tertiary/aromatic N) is 2. The van der Waals surface area contributed by atoms with E-state index >= 15 is 0 Å². The van der Waals surface area contributed by atoms with Crippen LogP contribution in [0, 0.1) is 5.92 Å². The predicted octanol–water partition coefficient (Wildman–Crippen LogP) is 2.76. The predicted molar refractivity (Wildman–Crippen MR) is 97.1 cm³/mol. The van der Waals surface area contributed by atoms with Gasteiger partial charge in [0.25, 0.3) is 0 Å². The van der Waals surface area contributed by atoms with Crippen molar-refractivity contribution in [2.45, 2.75) is 45.3 Å². The molecule has 1 aromatic heterocycles. The summed E-state index contributed by atoms with van der Waals surface area (Å²) >= 11 is 0. The topological polar surface area (TPSA) is 90.1 Å². The summed E-state index contributed by atoms with van der Waals surface area (Å²) in [5.74, 6) is 0.789. The van der Waals surface area contributed by atoms with Gasteiger partial charge in [-0.2, -0.15) is 5.10 Å². The van der Waals surface area contributed by atoms with Gasteiger partial charge in [0.15, 0.2) is 0 Å². The lowest BCUT2D eigenvalue weighted by Crippen LogP contribution is -2.36. The van der Waals surface area contributed by atoms with Crippen LogP contribution in [0.15, 0.2) is 30.3 Å². The average Bonchev–Trinajstić information content (AvgIpc) is 3.39. The number of aromatic amines is 1. The van der Waals surface area contributed by atoms with Crippen LogP contribution in [0.1, 0.15) is 42.5 Å². The molecule has 0 unspecified atom stereocenters. The number of fused-ring (bicyclic) bond motifs is 1. The third-order valence-corrected chi connectivity index (χ3v) is 5.19. The minimum atomic E-state index is -0.125. The van der Waals surface area contributed by atoms with E-state index in [1.54, 1.807) is 4.90 Å². The van der Waals surface area contributed by atoms with Gasteiger partial charge in [-0.3, -0.25) is 9.89 Å². The van der Waals surface area contributed by atoms with E-state index in [0.29, 0.717) is 25.5 Å². The van der Waals surface area contributed by atoms with Crippen LogP contribution in [0.25, 0.3) is 0 Å². The number of urea groups is 1. The molecule has 26 heavy (non-hydrogen) atoms. The highest BCUT2D eigenvalue weighted by Crippen LogP contribution is 2.30. The number of amides is 3. The Bertz CT molecular complexity index is 796. The molecular weight excluding hydrogens is 330 g/mol. The maximum absolute atomic E-state index is 12.4. The first-order valence-corrected chi connectivity index (χ1v) is 9.14. The maximum atomic E-state index is 12.4. The summed E-state index contributed by atoms with van der Waals surface area (Å²) in [7, 11) is 0. The Morgan fingerprint density at radius 3 is 2.69 bits per heavy atom. The van der Waals surface area contributed by atoms with Crippen molar-refractivity contribution in [3.8, 4) is 0 Å². The summed E-state index contributed by atoms with van der Waals surface area (Å²) in [5.41, 5.74) is 2.79. The second kappa shape index (κ2) is 7.19. The van der Waals surface area contributed by atoms with E-state index < -0.39 is 0 Å². The number of nitrogens with one attached hydrogen (secondary N) is 3. The van der Waals surface area contributed by atoms with Gasteiger partial charge in [0, 0.05) is 18.0 Å². The molecule has 1 saturated carbocycles. The molecule has 0 bridgehead atoms. The molecule has 2 heterocycles. The molecule has 0 saturated heterocycles. The zero-order valence-electron chi connectivity index (χ0n) is 14.6. The van der Waals surface area contributed by atoms with E-state index in [1.165, 1.54) is 0 Å². The van der Waals surface area contributed by atoms with Crippen LogP contribution in [-0.2, 0) is 24.4 Å². The minimum Gasteiger partial charge on any atom is -0.334 e. The molecule has 0 spiro atoms. The van der Waals surface area contributed by atoms with Crippen LogP contribution < -0.4 is 10.6 Å². The molecule has 3 amide bonds. The highest BCUT2D eigenvalue weighted by molar-refractivity contribution is 5.92. The molecular formula is C19H23N5O2. The van der Waals surface area contributed by atoms with Gasteiger partial charge in [-0.15, -0.1) is 0 Å². The van der Waals surface area contributed by atoms with Crippen LogP contribution in [0.3, 0.4) is 0 Å². The van der Waals surface area contributed by atoms with Crippen LogP contribution in [0.2, 0.25) is 0 Å². The minimum absolute atomic E-state index is 0.0564. The molecule has 1 fully saturated rings. The number of benzene rings is 1. The second-order valence-electron chi connectivity index (χ2n) is 6.99. The fraction of sp³-hybridized carbons (Fsp3) is 0.421.